The van der Waals surface area contributed by atoms with Gasteiger partial charge < -0.3 is 4.57 Å². The Morgan fingerprint density at radius 2 is 2.00 bits per heavy atom. The van der Waals surface area contributed by atoms with Gasteiger partial charge in [0, 0.05) is 25.5 Å². The van der Waals surface area contributed by atoms with Crippen molar-refractivity contribution in [1.29, 1.82) is 0 Å². The number of sulfonamides is 1. The summed E-state index contributed by atoms with van der Waals surface area (Å²) >= 11 is 0. The van der Waals surface area contributed by atoms with Crippen LogP contribution in [0.3, 0.4) is 0 Å². The molecule has 1 heterocycles. The van der Waals surface area contributed by atoms with Crippen molar-refractivity contribution in [3.8, 4) is 0 Å². The molecule has 5 nitrogen and oxygen atoms in total. The van der Waals surface area contributed by atoms with E-state index in [9.17, 15) is 12.8 Å². The first-order valence-corrected chi connectivity index (χ1v) is 7.27. The van der Waals surface area contributed by atoms with Gasteiger partial charge in [0.15, 0.2) is 0 Å². The van der Waals surface area contributed by atoms with Crippen molar-refractivity contribution in [3.63, 3.8) is 0 Å². The van der Waals surface area contributed by atoms with E-state index < -0.39 is 15.8 Å². The lowest BCUT2D eigenvalue weighted by Crippen LogP contribution is -2.25. The van der Waals surface area contributed by atoms with Crippen molar-refractivity contribution in [2.75, 3.05) is 6.54 Å². The fourth-order valence-corrected chi connectivity index (χ4v) is 2.66. The molecule has 102 valence electrons. The zero-order valence-electron chi connectivity index (χ0n) is 10.2. The van der Waals surface area contributed by atoms with E-state index in [0.29, 0.717) is 19.5 Å². The first-order valence-electron chi connectivity index (χ1n) is 5.79. The maximum Gasteiger partial charge on any atom is 0.240 e. The second-order valence-electron chi connectivity index (χ2n) is 4.01. The van der Waals surface area contributed by atoms with Crippen LogP contribution in [0.25, 0.3) is 0 Å². The van der Waals surface area contributed by atoms with E-state index in [4.69, 9.17) is 0 Å². The number of halogens is 1. The molecule has 0 aliphatic rings. The number of nitrogens with zero attached hydrogens (tertiary/aromatic N) is 2. The van der Waals surface area contributed by atoms with E-state index in [2.05, 4.69) is 9.71 Å². The van der Waals surface area contributed by atoms with Crippen LogP contribution < -0.4 is 4.72 Å². The molecule has 0 radical (unpaired) electrons. The van der Waals surface area contributed by atoms with E-state index in [1.54, 1.807) is 12.5 Å². The van der Waals surface area contributed by atoms with Crippen LogP contribution in [-0.4, -0.2) is 24.5 Å². The van der Waals surface area contributed by atoms with Gasteiger partial charge in [0.25, 0.3) is 0 Å². The van der Waals surface area contributed by atoms with Crippen LogP contribution >= 0.6 is 0 Å². The molecule has 1 aromatic heterocycles. The highest BCUT2D eigenvalue weighted by molar-refractivity contribution is 7.89. The number of aryl methyl sites for hydroxylation is 1. The van der Waals surface area contributed by atoms with Crippen LogP contribution in [0.4, 0.5) is 4.39 Å². The van der Waals surface area contributed by atoms with Crippen molar-refractivity contribution in [2.45, 2.75) is 17.9 Å². The normalized spacial score (nSPS) is 11.6. The van der Waals surface area contributed by atoms with Crippen molar-refractivity contribution >= 4 is 10.0 Å². The van der Waals surface area contributed by atoms with E-state index in [1.807, 2.05) is 10.8 Å². The van der Waals surface area contributed by atoms with Crippen LogP contribution in [0.1, 0.15) is 6.42 Å². The Hall–Kier alpha value is -1.73. The van der Waals surface area contributed by atoms with Gasteiger partial charge in [0.1, 0.15) is 5.82 Å². The molecule has 19 heavy (non-hydrogen) atoms. The predicted octanol–water partition coefficient (Wildman–Crippen LogP) is 1.39. The van der Waals surface area contributed by atoms with Gasteiger partial charge in [-0.15, -0.1) is 0 Å². The van der Waals surface area contributed by atoms with E-state index in [-0.39, 0.29) is 4.90 Å². The number of hydrogen-bond donors (Lipinski definition) is 1. The molecule has 0 saturated carbocycles. The summed E-state index contributed by atoms with van der Waals surface area (Å²) in [6, 6.07) is 4.74. The minimum absolute atomic E-state index is 0.0662. The summed E-state index contributed by atoms with van der Waals surface area (Å²) in [6.07, 6.45) is 5.81. The zero-order valence-corrected chi connectivity index (χ0v) is 11.0. The number of rotatable bonds is 6. The molecular formula is C12H14FN3O2S. The second kappa shape index (κ2) is 5.94. The van der Waals surface area contributed by atoms with Crippen molar-refractivity contribution < 1.29 is 12.8 Å². The first-order chi connectivity index (χ1) is 9.08. The highest BCUT2D eigenvalue weighted by Crippen LogP contribution is 2.09. The van der Waals surface area contributed by atoms with Gasteiger partial charge in [0.2, 0.25) is 10.0 Å². The minimum Gasteiger partial charge on any atom is -0.337 e. The average molecular weight is 283 g/mol. The molecule has 0 aliphatic carbocycles. The Morgan fingerprint density at radius 1 is 1.26 bits per heavy atom. The minimum atomic E-state index is -3.56. The molecule has 0 aliphatic heterocycles. The Kier molecular flexibility index (Phi) is 4.28. The summed E-state index contributed by atoms with van der Waals surface area (Å²) in [5.41, 5.74) is 0. The Labute approximate surface area is 111 Å². The Morgan fingerprint density at radius 3 is 2.63 bits per heavy atom. The van der Waals surface area contributed by atoms with Crippen molar-refractivity contribution in [2.24, 2.45) is 0 Å². The lowest BCUT2D eigenvalue weighted by atomic mass is 10.4. The zero-order chi connectivity index (χ0) is 13.7. The molecule has 0 atom stereocenters. The van der Waals surface area contributed by atoms with Crippen LogP contribution in [0.5, 0.6) is 0 Å². The predicted molar refractivity (Wildman–Crippen MR) is 68.4 cm³/mol. The summed E-state index contributed by atoms with van der Waals surface area (Å²) in [4.78, 5) is 3.96. The quantitative estimate of drug-likeness (QED) is 0.815. The van der Waals surface area contributed by atoms with Crippen LogP contribution in [0.2, 0.25) is 0 Å². The van der Waals surface area contributed by atoms with Crippen molar-refractivity contribution in [3.05, 3.63) is 48.8 Å². The molecule has 2 aromatic rings. The maximum absolute atomic E-state index is 12.7. The van der Waals surface area contributed by atoms with Gasteiger partial charge >= 0.3 is 0 Å². The number of aromatic nitrogens is 2. The van der Waals surface area contributed by atoms with E-state index >= 15 is 0 Å². The average Bonchev–Trinajstić information content (AvgIpc) is 2.88. The lowest BCUT2D eigenvalue weighted by molar-refractivity contribution is 0.569. The molecule has 0 fully saturated rings. The summed E-state index contributed by atoms with van der Waals surface area (Å²) in [6.45, 7) is 1.00. The third kappa shape index (κ3) is 3.87. The van der Waals surface area contributed by atoms with Gasteiger partial charge in [-0.05, 0) is 30.7 Å². The molecule has 0 amide bonds. The van der Waals surface area contributed by atoms with Crippen LogP contribution in [0.15, 0.2) is 47.9 Å². The smallest absolute Gasteiger partial charge is 0.240 e. The highest BCUT2D eigenvalue weighted by Gasteiger charge is 2.12. The van der Waals surface area contributed by atoms with Gasteiger partial charge in [0.05, 0.1) is 11.2 Å². The summed E-state index contributed by atoms with van der Waals surface area (Å²) in [5, 5.41) is 0. The second-order valence-corrected chi connectivity index (χ2v) is 5.77. The monoisotopic (exact) mass is 283 g/mol. The third-order valence-corrected chi connectivity index (χ3v) is 4.05. The molecule has 0 bridgehead atoms. The molecular weight excluding hydrogens is 269 g/mol. The first kappa shape index (κ1) is 13.7. The summed E-state index contributed by atoms with van der Waals surface area (Å²) in [7, 11) is -3.56. The van der Waals surface area contributed by atoms with Gasteiger partial charge in [-0.25, -0.2) is 22.5 Å². The number of benzene rings is 1. The fourth-order valence-electron chi connectivity index (χ4n) is 1.58. The highest BCUT2D eigenvalue weighted by atomic mass is 32.2. The molecule has 1 aromatic carbocycles. The molecule has 1 N–H and O–H groups in total. The summed E-state index contributed by atoms with van der Waals surface area (Å²) < 4.78 is 40.8. The third-order valence-electron chi connectivity index (χ3n) is 2.57. The lowest BCUT2D eigenvalue weighted by Gasteiger charge is -2.07. The van der Waals surface area contributed by atoms with E-state index in [0.717, 1.165) is 12.1 Å². The summed E-state index contributed by atoms with van der Waals surface area (Å²) in [5.74, 6) is -0.459. The number of hydrogen-bond acceptors (Lipinski definition) is 3. The molecule has 0 unspecified atom stereocenters. The SMILES string of the molecule is O=S(=O)(NCCCn1ccnc1)c1ccc(F)cc1. The van der Waals surface area contributed by atoms with Crippen LogP contribution in [-0.2, 0) is 16.6 Å². The molecule has 7 heteroatoms. The van der Waals surface area contributed by atoms with Gasteiger partial charge in [-0.1, -0.05) is 0 Å². The molecule has 0 spiro atoms. The fraction of sp³-hybridized carbons (Fsp3) is 0.250. The number of imidazole rings is 1. The van der Waals surface area contributed by atoms with Gasteiger partial charge in [-0.3, -0.25) is 0 Å². The largest absolute Gasteiger partial charge is 0.337 e. The Bertz CT molecular complexity index is 609. The maximum atomic E-state index is 12.7. The van der Waals surface area contributed by atoms with Crippen LogP contribution in [0, 0.1) is 5.82 Å². The topological polar surface area (TPSA) is 64.0 Å². The molecule has 0 saturated heterocycles. The standard InChI is InChI=1S/C12H14FN3O2S/c13-11-2-4-12(5-3-11)19(17,18)15-6-1-8-16-9-7-14-10-16/h2-5,7,9-10,15H,1,6,8H2. The van der Waals surface area contributed by atoms with Gasteiger partial charge in [-0.2, -0.15) is 0 Å². The molecule has 2 rings (SSSR count). The Balaban J connectivity index is 1.86. The number of nitrogens with one attached hydrogen (secondary N) is 1. The van der Waals surface area contributed by atoms with Crippen molar-refractivity contribution in [1.82, 2.24) is 14.3 Å². The van der Waals surface area contributed by atoms with E-state index in [1.165, 1.54) is 12.1 Å².